The van der Waals surface area contributed by atoms with Crippen LogP contribution in [0.4, 0.5) is 0 Å². The Bertz CT molecular complexity index is 294. The monoisotopic (exact) mass is 243 g/mol. The molecule has 1 fully saturated rings. The molecule has 0 aromatic carbocycles. The Kier molecular flexibility index (Phi) is 4.89. The third-order valence-corrected chi connectivity index (χ3v) is 2.78. The van der Waals surface area contributed by atoms with E-state index in [-0.39, 0.29) is 12.5 Å². The maximum Gasteiger partial charge on any atom is 0.242 e. The predicted octanol–water partition coefficient (Wildman–Crippen LogP) is -0.927. The van der Waals surface area contributed by atoms with E-state index in [1.807, 2.05) is 13.8 Å². The SMILES string of the molecule is CC(C)C[C@@H](N)C(=O)N1CCOCC1C(N)=O. The lowest BCUT2D eigenvalue weighted by Crippen LogP contribution is -2.58. The summed E-state index contributed by atoms with van der Waals surface area (Å²) in [6.07, 6.45) is 0.599. The summed E-state index contributed by atoms with van der Waals surface area (Å²) in [6, 6.07) is -1.26. The zero-order valence-electron chi connectivity index (χ0n) is 10.4. The van der Waals surface area contributed by atoms with Gasteiger partial charge in [0.1, 0.15) is 6.04 Å². The molecule has 98 valence electrons. The topological polar surface area (TPSA) is 98.7 Å². The zero-order chi connectivity index (χ0) is 13.0. The largest absolute Gasteiger partial charge is 0.377 e. The maximum absolute atomic E-state index is 12.1. The van der Waals surface area contributed by atoms with Crippen molar-refractivity contribution in [3.8, 4) is 0 Å². The van der Waals surface area contributed by atoms with Crippen LogP contribution >= 0.6 is 0 Å². The van der Waals surface area contributed by atoms with E-state index in [4.69, 9.17) is 16.2 Å². The van der Waals surface area contributed by atoms with Crippen molar-refractivity contribution in [2.45, 2.75) is 32.4 Å². The van der Waals surface area contributed by atoms with E-state index in [9.17, 15) is 9.59 Å². The van der Waals surface area contributed by atoms with Gasteiger partial charge in [0, 0.05) is 6.54 Å². The molecule has 1 rings (SSSR count). The van der Waals surface area contributed by atoms with Crippen LogP contribution in [-0.4, -0.2) is 48.6 Å². The second kappa shape index (κ2) is 5.97. The third-order valence-electron chi connectivity index (χ3n) is 2.78. The fourth-order valence-corrected chi connectivity index (χ4v) is 1.92. The van der Waals surface area contributed by atoms with Crippen molar-refractivity contribution < 1.29 is 14.3 Å². The average Bonchev–Trinajstić information content (AvgIpc) is 2.27. The van der Waals surface area contributed by atoms with Gasteiger partial charge in [-0.1, -0.05) is 13.8 Å². The fourth-order valence-electron chi connectivity index (χ4n) is 1.92. The number of hydrogen-bond acceptors (Lipinski definition) is 4. The molecule has 2 atom stereocenters. The number of primary amides is 1. The Balaban J connectivity index is 2.67. The van der Waals surface area contributed by atoms with Gasteiger partial charge in [0.2, 0.25) is 11.8 Å². The van der Waals surface area contributed by atoms with Crippen molar-refractivity contribution in [1.29, 1.82) is 0 Å². The van der Waals surface area contributed by atoms with Crippen molar-refractivity contribution in [2.24, 2.45) is 17.4 Å². The van der Waals surface area contributed by atoms with E-state index in [1.54, 1.807) is 0 Å². The minimum atomic E-state index is -0.686. The fraction of sp³-hybridized carbons (Fsp3) is 0.818. The van der Waals surface area contributed by atoms with Crippen LogP contribution in [0, 0.1) is 5.92 Å². The van der Waals surface area contributed by atoms with Crippen LogP contribution in [0.3, 0.4) is 0 Å². The molecule has 0 aromatic rings. The first-order valence-corrected chi connectivity index (χ1v) is 5.86. The number of carbonyl (C=O) groups excluding carboxylic acids is 2. The van der Waals surface area contributed by atoms with E-state index in [0.29, 0.717) is 25.5 Å². The highest BCUT2D eigenvalue weighted by Crippen LogP contribution is 2.11. The molecule has 2 amide bonds. The van der Waals surface area contributed by atoms with Gasteiger partial charge < -0.3 is 21.1 Å². The molecule has 0 radical (unpaired) electrons. The van der Waals surface area contributed by atoms with Crippen molar-refractivity contribution in [2.75, 3.05) is 19.8 Å². The molecule has 1 aliphatic heterocycles. The zero-order valence-corrected chi connectivity index (χ0v) is 10.4. The predicted molar refractivity (Wildman–Crippen MR) is 62.9 cm³/mol. The number of nitrogens with zero attached hydrogens (tertiary/aromatic N) is 1. The Morgan fingerprint density at radius 1 is 1.47 bits per heavy atom. The quantitative estimate of drug-likeness (QED) is 0.666. The number of carbonyl (C=O) groups is 2. The van der Waals surface area contributed by atoms with Gasteiger partial charge in [0.15, 0.2) is 0 Å². The van der Waals surface area contributed by atoms with Crippen LogP contribution in [0.1, 0.15) is 20.3 Å². The van der Waals surface area contributed by atoms with Gasteiger partial charge in [-0.2, -0.15) is 0 Å². The van der Waals surface area contributed by atoms with Crippen molar-refractivity contribution >= 4 is 11.8 Å². The van der Waals surface area contributed by atoms with Crippen LogP contribution in [0.2, 0.25) is 0 Å². The van der Waals surface area contributed by atoms with Crippen LogP contribution < -0.4 is 11.5 Å². The highest BCUT2D eigenvalue weighted by Gasteiger charge is 2.33. The summed E-state index contributed by atoms with van der Waals surface area (Å²) in [4.78, 5) is 24.8. The molecule has 0 aromatic heterocycles. The van der Waals surface area contributed by atoms with Gasteiger partial charge in [-0.15, -0.1) is 0 Å². The Morgan fingerprint density at radius 2 is 2.12 bits per heavy atom. The molecular weight excluding hydrogens is 222 g/mol. The number of hydrogen-bond donors (Lipinski definition) is 2. The first-order valence-electron chi connectivity index (χ1n) is 5.86. The molecule has 1 heterocycles. The number of morpholine rings is 1. The van der Waals surface area contributed by atoms with Gasteiger partial charge in [-0.05, 0) is 12.3 Å². The lowest BCUT2D eigenvalue weighted by atomic mass is 10.0. The molecule has 0 spiro atoms. The summed E-state index contributed by atoms with van der Waals surface area (Å²) in [5.74, 6) is -0.428. The van der Waals surface area contributed by atoms with E-state index >= 15 is 0 Å². The maximum atomic E-state index is 12.1. The summed E-state index contributed by atoms with van der Waals surface area (Å²) in [7, 11) is 0. The van der Waals surface area contributed by atoms with Crippen molar-refractivity contribution in [3.05, 3.63) is 0 Å². The molecule has 6 heteroatoms. The minimum absolute atomic E-state index is 0.162. The molecule has 0 saturated carbocycles. The van der Waals surface area contributed by atoms with Crippen LogP contribution in [0.15, 0.2) is 0 Å². The van der Waals surface area contributed by atoms with Gasteiger partial charge in [0.25, 0.3) is 0 Å². The smallest absolute Gasteiger partial charge is 0.242 e. The minimum Gasteiger partial charge on any atom is -0.377 e. The van der Waals surface area contributed by atoms with Gasteiger partial charge in [0.05, 0.1) is 19.3 Å². The van der Waals surface area contributed by atoms with Crippen molar-refractivity contribution in [3.63, 3.8) is 0 Å². The molecular formula is C11H21N3O3. The second-order valence-corrected chi connectivity index (χ2v) is 4.76. The van der Waals surface area contributed by atoms with Crippen LogP contribution in [0.5, 0.6) is 0 Å². The average molecular weight is 243 g/mol. The Labute approximate surface area is 101 Å². The van der Waals surface area contributed by atoms with Crippen LogP contribution in [0.25, 0.3) is 0 Å². The first kappa shape index (κ1) is 13.9. The summed E-state index contributed by atoms with van der Waals surface area (Å²) >= 11 is 0. The molecule has 17 heavy (non-hydrogen) atoms. The molecule has 1 aliphatic rings. The number of nitrogens with two attached hydrogens (primary N) is 2. The molecule has 0 aliphatic carbocycles. The number of rotatable bonds is 4. The Morgan fingerprint density at radius 3 is 2.65 bits per heavy atom. The first-order chi connectivity index (χ1) is 7.93. The second-order valence-electron chi connectivity index (χ2n) is 4.76. The number of ether oxygens (including phenoxy) is 1. The Hall–Kier alpha value is -1.14. The van der Waals surface area contributed by atoms with E-state index in [2.05, 4.69) is 0 Å². The normalized spacial score (nSPS) is 22.6. The van der Waals surface area contributed by atoms with Gasteiger partial charge >= 0.3 is 0 Å². The molecule has 1 saturated heterocycles. The lowest BCUT2D eigenvalue weighted by Gasteiger charge is -2.35. The van der Waals surface area contributed by atoms with E-state index in [1.165, 1.54) is 4.90 Å². The molecule has 6 nitrogen and oxygen atoms in total. The summed E-state index contributed by atoms with van der Waals surface area (Å²) in [6.45, 7) is 4.95. The highest BCUT2D eigenvalue weighted by molar-refractivity contribution is 5.89. The van der Waals surface area contributed by atoms with Crippen LogP contribution in [-0.2, 0) is 14.3 Å². The molecule has 4 N–H and O–H groups in total. The van der Waals surface area contributed by atoms with Gasteiger partial charge in [-0.3, -0.25) is 9.59 Å². The van der Waals surface area contributed by atoms with E-state index in [0.717, 1.165) is 0 Å². The molecule has 1 unspecified atom stereocenters. The molecule has 0 bridgehead atoms. The third kappa shape index (κ3) is 3.67. The van der Waals surface area contributed by atoms with Crippen molar-refractivity contribution in [1.82, 2.24) is 4.90 Å². The number of amides is 2. The van der Waals surface area contributed by atoms with Gasteiger partial charge in [-0.25, -0.2) is 0 Å². The summed E-state index contributed by atoms with van der Waals surface area (Å²) < 4.78 is 5.15. The summed E-state index contributed by atoms with van der Waals surface area (Å²) in [5.41, 5.74) is 11.1. The lowest BCUT2D eigenvalue weighted by molar-refractivity contribution is -0.148. The highest BCUT2D eigenvalue weighted by atomic mass is 16.5. The van der Waals surface area contributed by atoms with E-state index < -0.39 is 18.0 Å². The summed E-state index contributed by atoms with van der Waals surface area (Å²) in [5, 5.41) is 0. The standard InChI is InChI=1S/C11H21N3O3/c1-7(2)5-8(12)11(16)14-3-4-17-6-9(14)10(13)15/h7-9H,3-6,12H2,1-2H3,(H2,13,15)/t8-,9?/m1/s1.